The van der Waals surface area contributed by atoms with Crippen LogP contribution in [-0.4, -0.2) is 54.3 Å². The van der Waals surface area contributed by atoms with Gasteiger partial charge in [0.25, 0.3) is 0 Å². The zero-order chi connectivity index (χ0) is 43.9. The average molecular weight is 862 g/mol. The van der Waals surface area contributed by atoms with E-state index < -0.39 is 26.5 Å². The lowest BCUT2D eigenvalue weighted by molar-refractivity contribution is -0.147. The maximum Gasteiger partial charge on any atom is 0.472 e. The molecule has 0 aliphatic carbocycles. The summed E-state index contributed by atoms with van der Waals surface area (Å²) in [7, 11) is -4.44. The fourth-order valence-electron chi connectivity index (χ4n) is 6.35. The maximum atomic E-state index is 12.1. The van der Waals surface area contributed by atoms with Gasteiger partial charge in [-0.1, -0.05) is 209 Å². The predicted octanol–water partition coefficient (Wildman–Crippen LogP) is 13.8. The number of hydrogen-bond acceptors (Lipinski definition) is 7. The summed E-state index contributed by atoms with van der Waals surface area (Å²) in [6.07, 6.45) is 57.1. The van der Waals surface area contributed by atoms with Gasteiger partial charge in [-0.2, -0.15) is 0 Å². The van der Waals surface area contributed by atoms with Crippen molar-refractivity contribution in [3.8, 4) is 0 Å². The van der Waals surface area contributed by atoms with Crippen LogP contribution < -0.4 is 5.32 Å². The van der Waals surface area contributed by atoms with E-state index in [1.54, 1.807) is 0 Å². The lowest BCUT2D eigenvalue weighted by Gasteiger charge is -2.15. The van der Waals surface area contributed by atoms with Crippen molar-refractivity contribution >= 4 is 19.7 Å². The third-order valence-electron chi connectivity index (χ3n) is 9.91. The summed E-state index contributed by atoms with van der Waals surface area (Å²) in [5.41, 5.74) is 0. The van der Waals surface area contributed by atoms with Crippen molar-refractivity contribution in [3.05, 3.63) is 72.9 Å². The van der Waals surface area contributed by atoms with Crippen molar-refractivity contribution in [2.45, 2.75) is 206 Å². The van der Waals surface area contributed by atoms with Gasteiger partial charge in [-0.15, -0.1) is 0 Å². The molecule has 346 valence electrons. The maximum absolute atomic E-state index is 12.1. The monoisotopic (exact) mass is 862 g/mol. The molecule has 0 aliphatic rings. The Morgan fingerprint density at radius 2 is 0.933 bits per heavy atom. The molecule has 0 rings (SSSR count). The molecular weight excluding hydrogens is 774 g/mol. The fraction of sp³-hybridized carbons (Fsp3) is 0.720. The molecule has 0 radical (unpaired) electrons. The summed E-state index contributed by atoms with van der Waals surface area (Å²) in [4.78, 5) is 34.0. The van der Waals surface area contributed by atoms with Crippen molar-refractivity contribution in [1.29, 1.82) is 0 Å². The molecule has 2 atom stereocenters. The van der Waals surface area contributed by atoms with Crippen LogP contribution in [-0.2, 0) is 27.9 Å². The Kier molecular flexibility index (Phi) is 44.0. The summed E-state index contributed by atoms with van der Waals surface area (Å²) in [5.74, 6) is -0.601. The Bertz CT molecular complexity index is 1210. The summed E-state index contributed by atoms with van der Waals surface area (Å²) >= 11 is 0. The molecule has 0 bridgehead atoms. The molecule has 0 heterocycles. The number of unbranched alkanes of at least 4 members (excludes halogenated alkanes) is 19. The molecule has 9 nitrogen and oxygen atoms in total. The van der Waals surface area contributed by atoms with Gasteiger partial charge < -0.3 is 20.1 Å². The number of amides is 1. The third-order valence-corrected chi connectivity index (χ3v) is 10.9. The number of aliphatic hydroxyl groups is 1. The summed E-state index contributed by atoms with van der Waals surface area (Å²) in [5, 5.41) is 12.7. The van der Waals surface area contributed by atoms with Crippen LogP contribution in [0.25, 0.3) is 0 Å². The van der Waals surface area contributed by atoms with Crippen molar-refractivity contribution in [3.63, 3.8) is 0 Å². The first-order valence-electron chi connectivity index (χ1n) is 23.9. The van der Waals surface area contributed by atoms with Crippen molar-refractivity contribution in [2.75, 3.05) is 26.4 Å². The van der Waals surface area contributed by atoms with Gasteiger partial charge >= 0.3 is 13.8 Å². The Labute approximate surface area is 367 Å². The highest BCUT2D eigenvalue weighted by Crippen LogP contribution is 2.42. The van der Waals surface area contributed by atoms with Gasteiger partial charge in [-0.25, -0.2) is 4.57 Å². The zero-order valence-electron chi connectivity index (χ0n) is 38.1. The molecule has 0 fully saturated rings. The van der Waals surface area contributed by atoms with Crippen LogP contribution in [0.15, 0.2) is 72.9 Å². The van der Waals surface area contributed by atoms with E-state index in [1.807, 2.05) is 12.2 Å². The molecular formula is C50H88NO8P. The largest absolute Gasteiger partial charge is 0.472 e. The minimum Gasteiger partial charge on any atom is -0.463 e. The SMILES string of the molecule is CC/C=C\C/C=C\C/C=C\C/C=C\C/C=C\C/C=C\CCC(=O)OCC(O)COP(=O)(O)OCCNC(=O)CCCCCCCCCCCCCCCCCCCCCC. The molecule has 1 amide bonds. The first kappa shape index (κ1) is 57.4. The van der Waals surface area contributed by atoms with Gasteiger partial charge in [0.15, 0.2) is 0 Å². The van der Waals surface area contributed by atoms with Crippen LogP contribution in [0.1, 0.15) is 200 Å². The van der Waals surface area contributed by atoms with E-state index in [0.29, 0.717) is 12.8 Å². The molecule has 0 aromatic carbocycles. The number of allylic oxidation sites excluding steroid dienone is 12. The number of phosphoric acid groups is 1. The average Bonchev–Trinajstić information content (AvgIpc) is 3.23. The van der Waals surface area contributed by atoms with Gasteiger partial charge in [-0.05, 0) is 51.4 Å². The van der Waals surface area contributed by atoms with Gasteiger partial charge in [0.05, 0.1) is 13.2 Å². The standard InChI is InChI=1S/C50H88NO8P/c1-3-5-7-9-11-13-15-17-19-21-23-25-26-28-30-32-34-36-38-40-42-49(53)51-44-45-58-60(55,56)59-47-48(52)46-57-50(54)43-41-39-37-35-33-31-29-27-24-22-20-18-16-14-12-10-8-6-4-2/h6,8,12,14,18,20,24,27,31,33,37,39,48,52H,3-5,7,9-11,13,15-17,19,21-23,25-26,28-30,32,34-36,38,40-47H2,1-2H3,(H,51,53)(H,55,56)/b8-6-,14-12-,20-18-,27-24-,33-31-,39-37-. The molecule has 3 N–H and O–H groups in total. The van der Waals surface area contributed by atoms with Gasteiger partial charge in [0, 0.05) is 19.4 Å². The molecule has 0 aromatic heterocycles. The third kappa shape index (κ3) is 46.5. The summed E-state index contributed by atoms with van der Waals surface area (Å²) in [6, 6.07) is 0. The molecule has 60 heavy (non-hydrogen) atoms. The summed E-state index contributed by atoms with van der Waals surface area (Å²) in [6.45, 7) is 3.37. The number of carbonyl (C=O) groups excluding carboxylic acids is 2. The van der Waals surface area contributed by atoms with Crippen LogP contribution in [0.3, 0.4) is 0 Å². The Balaban J connectivity index is 3.66. The van der Waals surface area contributed by atoms with Gasteiger partial charge in [-0.3, -0.25) is 18.6 Å². The molecule has 10 heteroatoms. The summed E-state index contributed by atoms with van der Waals surface area (Å²) < 4.78 is 26.9. The van der Waals surface area contributed by atoms with E-state index in [4.69, 9.17) is 13.8 Å². The topological polar surface area (TPSA) is 131 Å². The van der Waals surface area contributed by atoms with Gasteiger partial charge in [0.1, 0.15) is 12.7 Å². The minimum atomic E-state index is -4.44. The van der Waals surface area contributed by atoms with Crippen LogP contribution in [0.4, 0.5) is 0 Å². The second-order valence-electron chi connectivity index (χ2n) is 15.7. The number of esters is 1. The number of ether oxygens (including phenoxy) is 1. The van der Waals surface area contributed by atoms with Crippen molar-refractivity contribution in [1.82, 2.24) is 5.32 Å². The normalized spacial score (nSPS) is 13.9. The number of rotatable bonds is 44. The minimum absolute atomic E-state index is 0.0723. The van der Waals surface area contributed by atoms with Crippen LogP contribution in [0, 0.1) is 0 Å². The number of carbonyl (C=O) groups is 2. The number of hydrogen-bond donors (Lipinski definition) is 3. The Morgan fingerprint density at radius 3 is 1.37 bits per heavy atom. The number of aliphatic hydroxyl groups excluding tert-OH is 1. The molecule has 0 spiro atoms. The predicted molar refractivity (Wildman–Crippen MR) is 252 cm³/mol. The Hall–Kier alpha value is -2.55. The van der Waals surface area contributed by atoms with E-state index in [9.17, 15) is 24.2 Å². The zero-order valence-corrected chi connectivity index (χ0v) is 39.0. The van der Waals surface area contributed by atoms with E-state index in [1.165, 1.54) is 109 Å². The first-order valence-corrected chi connectivity index (χ1v) is 25.4. The molecule has 2 unspecified atom stereocenters. The highest BCUT2D eigenvalue weighted by atomic mass is 31.2. The molecule has 0 saturated heterocycles. The highest BCUT2D eigenvalue weighted by molar-refractivity contribution is 7.47. The van der Waals surface area contributed by atoms with Gasteiger partial charge in [0.2, 0.25) is 5.91 Å². The van der Waals surface area contributed by atoms with E-state index >= 15 is 0 Å². The first-order chi connectivity index (χ1) is 29.3. The number of phosphoric ester groups is 1. The van der Waals surface area contributed by atoms with Crippen LogP contribution in [0.5, 0.6) is 0 Å². The number of nitrogens with one attached hydrogen (secondary N) is 1. The van der Waals surface area contributed by atoms with Crippen molar-refractivity contribution in [2.24, 2.45) is 0 Å². The van der Waals surface area contributed by atoms with Crippen molar-refractivity contribution < 1.29 is 37.9 Å². The Morgan fingerprint density at radius 1 is 0.533 bits per heavy atom. The van der Waals surface area contributed by atoms with E-state index in [-0.39, 0.29) is 32.1 Å². The second kappa shape index (κ2) is 46.0. The molecule has 0 aromatic rings. The highest BCUT2D eigenvalue weighted by Gasteiger charge is 2.23. The quantitative estimate of drug-likeness (QED) is 0.0239. The lowest BCUT2D eigenvalue weighted by atomic mass is 10.0. The van der Waals surface area contributed by atoms with Crippen LogP contribution in [0.2, 0.25) is 0 Å². The van der Waals surface area contributed by atoms with Crippen LogP contribution >= 0.6 is 7.82 Å². The fourth-order valence-corrected chi connectivity index (χ4v) is 7.11. The lowest BCUT2D eigenvalue weighted by Crippen LogP contribution is -2.27. The smallest absolute Gasteiger partial charge is 0.463 e. The van der Waals surface area contributed by atoms with E-state index in [0.717, 1.165) is 57.8 Å². The second-order valence-corrected chi connectivity index (χ2v) is 17.2. The molecule has 0 saturated carbocycles. The van der Waals surface area contributed by atoms with E-state index in [2.05, 4.69) is 79.9 Å². The molecule has 0 aliphatic heterocycles.